The molecule has 14 heavy (non-hydrogen) atoms. The molecule has 0 aromatic rings. The number of likely N-dealkylation sites (tertiary alicyclic amines) is 1. The van der Waals surface area contributed by atoms with Crippen molar-refractivity contribution in [3.8, 4) is 0 Å². The molecule has 0 radical (unpaired) electrons. The number of aliphatic hydroxyl groups excluding tert-OH is 1. The highest BCUT2D eigenvalue weighted by atomic mass is 16.3. The molecule has 0 aromatic heterocycles. The second-order valence-corrected chi connectivity index (χ2v) is 4.73. The number of hydrogen-bond acceptors (Lipinski definition) is 2. The summed E-state index contributed by atoms with van der Waals surface area (Å²) in [6, 6.07) is 0. The Balaban J connectivity index is 1.87. The zero-order chi connectivity index (χ0) is 10.1. The number of rotatable bonds is 1. The summed E-state index contributed by atoms with van der Waals surface area (Å²) in [5, 5.41) is 9.46. The lowest BCUT2D eigenvalue weighted by molar-refractivity contribution is -0.132. The SMILES string of the molecule is CC1CC1C(=O)N1CCCC(O)CC1. The summed E-state index contributed by atoms with van der Waals surface area (Å²) in [7, 11) is 0. The van der Waals surface area contributed by atoms with Crippen LogP contribution in [-0.2, 0) is 4.79 Å². The fourth-order valence-electron chi connectivity index (χ4n) is 2.20. The van der Waals surface area contributed by atoms with E-state index in [1.54, 1.807) is 0 Å². The lowest BCUT2D eigenvalue weighted by Gasteiger charge is -2.20. The first-order chi connectivity index (χ1) is 6.68. The Kier molecular flexibility index (Phi) is 2.77. The number of aliphatic hydroxyl groups is 1. The second kappa shape index (κ2) is 3.89. The summed E-state index contributed by atoms with van der Waals surface area (Å²) in [6.07, 6.45) is 3.44. The molecule has 3 unspecified atom stereocenters. The summed E-state index contributed by atoms with van der Waals surface area (Å²) in [4.78, 5) is 13.8. The van der Waals surface area contributed by atoms with Crippen LogP contribution in [-0.4, -0.2) is 35.1 Å². The van der Waals surface area contributed by atoms with Crippen molar-refractivity contribution in [2.75, 3.05) is 13.1 Å². The number of carbonyl (C=O) groups excluding carboxylic acids is 1. The lowest BCUT2D eigenvalue weighted by atomic mass is 10.2. The molecule has 0 spiro atoms. The number of carbonyl (C=O) groups is 1. The van der Waals surface area contributed by atoms with Crippen molar-refractivity contribution in [3.63, 3.8) is 0 Å². The Bertz CT molecular complexity index is 229. The Morgan fingerprint density at radius 1 is 1.36 bits per heavy atom. The van der Waals surface area contributed by atoms with Gasteiger partial charge in [0.05, 0.1) is 6.10 Å². The van der Waals surface area contributed by atoms with E-state index in [1.807, 2.05) is 4.90 Å². The van der Waals surface area contributed by atoms with Crippen LogP contribution in [0.3, 0.4) is 0 Å². The third-order valence-electron chi connectivity index (χ3n) is 3.44. The first-order valence-electron chi connectivity index (χ1n) is 5.65. The minimum absolute atomic E-state index is 0.190. The van der Waals surface area contributed by atoms with Crippen molar-refractivity contribution in [3.05, 3.63) is 0 Å². The van der Waals surface area contributed by atoms with Gasteiger partial charge < -0.3 is 10.0 Å². The smallest absolute Gasteiger partial charge is 0.225 e. The van der Waals surface area contributed by atoms with Crippen LogP contribution in [0.4, 0.5) is 0 Å². The van der Waals surface area contributed by atoms with E-state index < -0.39 is 0 Å². The highest BCUT2D eigenvalue weighted by Gasteiger charge is 2.41. The zero-order valence-corrected chi connectivity index (χ0v) is 8.78. The van der Waals surface area contributed by atoms with E-state index in [-0.39, 0.29) is 6.10 Å². The predicted octanol–water partition coefficient (Wildman–Crippen LogP) is 1.02. The van der Waals surface area contributed by atoms with Crippen LogP contribution < -0.4 is 0 Å². The minimum Gasteiger partial charge on any atom is -0.393 e. The molecule has 1 amide bonds. The molecule has 3 nitrogen and oxygen atoms in total. The fraction of sp³-hybridized carbons (Fsp3) is 0.909. The summed E-state index contributed by atoms with van der Waals surface area (Å²) in [5.74, 6) is 1.22. The van der Waals surface area contributed by atoms with E-state index in [2.05, 4.69) is 6.92 Å². The van der Waals surface area contributed by atoms with Gasteiger partial charge in [-0.05, 0) is 31.6 Å². The standard InChI is InChI=1S/C11H19NO2/c1-8-7-10(8)11(14)12-5-2-3-9(13)4-6-12/h8-10,13H,2-7H2,1H3. The van der Waals surface area contributed by atoms with E-state index >= 15 is 0 Å². The van der Waals surface area contributed by atoms with Crippen LogP contribution in [0, 0.1) is 11.8 Å². The van der Waals surface area contributed by atoms with Crippen LogP contribution in [0.1, 0.15) is 32.6 Å². The van der Waals surface area contributed by atoms with Crippen LogP contribution in [0.5, 0.6) is 0 Å². The summed E-state index contributed by atoms with van der Waals surface area (Å²) < 4.78 is 0. The summed E-state index contributed by atoms with van der Waals surface area (Å²) in [5.41, 5.74) is 0. The van der Waals surface area contributed by atoms with E-state index in [1.165, 1.54) is 0 Å². The van der Waals surface area contributed by atoms with Gasteiger partial charge in [0.15, 0.2) is 0 Å². The minimum atomic E-state index is -0.190. The third-order valence-corrected chi connectivity index (χ3v) is 3.44. The van der Waals surface area contributed by atoms with Crippen molar-refractivity contribution in [2.45, 2.75) is 38.7 Å². The van der Waals surface area contributed by atoms with Crippen molar-refractivity contribution < 1.29 is 9.90 Å². The molecule has 2 fully saturated rings. The molecule has 2 rings (SSSR count). The van der Waals surface area contributed by atoms with E-state index in [0.29, 0.717) is 17.7 Å². The second-order valence-electron chi connectivity index (χ2n) is 4.73. The van der Waals surface area contributed by atoms with Gasteiger partial charge in [0.2, 0.25) is 5.91 Å². The van der Waals surface area contributed by atoms with Crippen LogP contribution in [0.25, 0.3) is 0 Å². The number of hydrogen-bond donors (Lipinski definition) is 1. The Morgan fingerprint density at radius 3 is 2.71 bits per heavy atom. The quantitative estimate of drug-likeness (QED) is 0.681. The van der Waals surface area contributed by atoms with Gasteiger partial charge in [-0.15, -0.1) is 0 Å². The van der Waals surface area contributed by atoms with E-state index in [4.69, 9.17) is 0 Å². The molecule has 1 saturated heterocycles. The van der Waals surface area contributed by atoms with Crippen molar-refractivity contribution in [2.24, 2.45) is 11.8 Å². The maximum atomic E-state index is 11.9. The van der Waals surface area contributed by atoms with Gasteiger partial charge in [-0.1, -0.05) is 6.92 Å². The van der Waals surface area contributed by atoms with E-state index in [0.717, 1.165) is 38.8 Å². The first kappa shape index (κ1) is 9.97. The van der Waals surface area contributed by atoms with E-state index in [9.17, 15) is 9.90 Å². The van der Waals surface area contributed by atoms with Crippen molar-refractivity contribution in [1.29, 1.82) is 0 Å². The summed E-state index contributed by atoms with van der Waals surface area (Å²) in [6.45, 7) is 3.73. The van der Waals surface area contributed by atoms with Crippen LogP contribution >= 0.6 is 0 Å². The van der Waals surface area contributed by atoms with Gasteiger partial charge in [0.25, 0.3) is 0 Å². The van der Waals surface area contributed by atoms with Crippen molar-refractivity contribution >= 4 is 5.91 Å². The summed E-state index contributed by atoms with van der Waals surface area (Å²) >= 11 is 0. The molecule has 3 heteroatoms. The molecule has 1 saturated carbocycles. The average Bonchev–Trinajstić information content (AvgIpc) is 2.89. The van der Waals surface area contributed by atoms with Crippen LogP contribution in [0.2, 0.25) is 0 Å². The van der Waals surface area contributed by atoms with Crippen LogP contribution in [0.15, 0.2) is 0 Å². The zero-order valence-electron chi connectivity index (χ0n) is 8.78. The van der Waals surface area contributed by atoms with Gasteiger partial charge in [0, 0.05) is 19.0 Å². The largest absolute Gasteiger partial charge is 0.393 e. The van der Waals surface area contributed by atoms with Gasteiger partial charge in [0.1, 0.15) is 0 Å². The Labute approximate surface area is 85.1 Å². The maximum Gasteiger partial charge on any atom is 0.225 e. The monoisotopic (exact) mass is 197 g/mol. The lowest BCUT2D eigenvalue weighted by Crippen LogP contribution is -2.33. The highest BCUT2D eigenvalue weighted by molar-refractivity contribution is 5.81. The maximum absolute atomic E-state index is 11.9. The highest BCUT2D eigenvalue weighted by Crippen LogP contribution is 2.39. The molecule has 1 aliphatic carbocycles. The van der Waals surface area contributed by atoms with Gasteiger partial charge in [-0.2, -0.15) is 0 Å². The number of nitrogens with zero attached hydrogens (tertiary/aromatic N) is 1. The molecule has 80 valence electrons. The normalized spacial score (nSPS) is 37.9. The molecule has 1 N–H and O–H groups in total. The molecule has 2 aliphatic rings. The molecule has 0 bridgehead atoms. The molecular formula is C11H19NO2. The molecule has 1 aliphatic heterocycles. The Morgan fingerprint density at radius 2 is 2.07 bits per heavy atom. The van der Waals surface area contributed by atoms with Gasteiger partial charge in [-0.25, -0.2) is 0 Å². The van der Waals surface area contributed by atoms with Gasteiger partial charge in [-0.3, -0.25) is 4.79 Å². The molecule has 0 aromatic carbocycles. The Hall–Kier alpha value is -0.570. The molecular weight excluding hydrogens is 178 g/mol. The first-order valence-corrected chi connectivity index (χ1v) is 5.65. The molecule has 1 heterocycles. The topological polar surface area (TPSA) is 40.5 Å². The number of amides is 1. The third kappa shape index (κ3) is 2.08. The average molecular weight is 197 g/mol. The van der Waals surface area contributed by atoms with Crippen molar-refractivity contribution in [1.82, 2.24) is 4.90 Å². The molecule has 3 atom stereocenters. The predicted molar refractivity (Wildman–Crippen MR) is 53.7 cm³/mol. The fourth-order valence-corrected chi connectivity index (χ4v) is 2.20. The van der Waals surface area contributed by atoms with Gasteiger partial charge >= 0.3 is 0 Å².